The number of hydrogen-bond donors (Lipinski definition) is 0. The van der Waals surface area contributed by atoms with Crippen LogP contribution in [0.3, 0.4) is 0 Å². The van der Waals surface area contributed by atoms with Gasteiger partial charge in [0.15, 0.2) is 17.5 Å². The summed E-state index contributed by atoms with van der Waals surface area (Å²) in [6.45, 7) is 0. The van der Waals surface area contributed by atoms with Crippen LogP contribution >= 0.6 is 11.3 Å². The topological polar surface area (TPSA) is 38.7 Å². The maximum atomic E-state index is 5.31. The first-order valence-corrected chi connectivity index (χ1v) is 21.5. The van der Waals surface area contributed by atoms with E-state index in [-0.39, 0.29) is 0 Å². The SMILES string of the molecule is c1ccc(-c2ccc(-c3nc(-c4ccc(-c5cc6ccccc6s5)cc4)nc(-c4cc5ccc6cccc7c8cccc9ccc%10cccc(c(c4)c5c67)c%10c98)n3)cc2)cc1. The monoisotopic (exact) mass is 791 g/mol. The van der Waals surface area contributed by atoms with Gasteiger partial charge in [0.2, 0.25) is 0 Å². The standard InChI is InChI=1S/C57H33N3S/c1-2-9-34(10-3-1)35-19-26-40(27-20-35)55-58-56(41-28-21-36(22-29-41)50-33-42-11-4-5-18-49(42)61-50)60-57(59-55)44-31-43-30-25-39-13-7-16-46-45-15-6-12-37-23-24-38-14-8-17-47(53(38)51(37)45)48(32-44)54(43)52(39)46/h1-33H. The van der Waals surface area contributed by atoms with Gasteiger partial charge in [0.05, 0.1) is 0 Å². The Bertz CT molecular complexity index is 3810. The smallest absolute Gasteiger partial charge is 0.164 e. The van der Waals surface area contributed by atoms with Crippen LogP contribution in [0.2, 0.25) is 0 Å². The molecule has 0 N–H and O–H groups in total. The van der Waals surface area contributed by atoms with Gasteiger partial charge in [0, 0.05) is 26.3 Å². The van der Waals surface area contributed by atoms with Gasteiger partial charge in [-0.2, -0.15) is 0 Å². The third-order valence-electron chi connectivity index (χ3n) is 12.4. The third kappa shape index (κ3) is 5.46. The number of nitrogens with zero attached hydrogens (tertiary/aromatic N) is 3. The molecule has 13 rings (SSSR count). The lowest BCUT2D eigenvalue weighted by Gasteiger charge is -2.17. The molecule has 0 spiro atoms. The summed E-state index contributed by atoms with van der Waals surface area (Å²) < 4.78 is 1.29. The number of rotatable bonds is 5. The third-order valence-corrected chi connectivity index (χ3v) is 13.6. The summed E-state index contributed by atoms with van der Waals surface area (Å²) in [5, 5.41) is 16.1. The molecule has 0 aliphatic rings. The van der Waals surface area contributed by atoms with Gasteiger partial charge in [-0.05, 0) is 111 Å². The molecule has 2 aromatic heterocycles. The molecule has 0 bridgehead atoms. The molecular weight excluding hydrogens is 759 g/mol. The Morgan fingerprint density at radius 3 is 1.30 bits per heavy atom. The van der Waals surface area contributed by atoms with Crippen molar-refractivity contribution in [2.75, 3.05) is 0 Å². The lowest BCUT2D eigenvalue weighted by atomic mass is 9.87. The molecule has 0 saturated carbocycles. The van der Waals surface area contributed by atoms with Gasteiger partial charge in [-0.3, -0.25) is 0 Å². The van der Waals surface area contributed by atoms with Crippen LogP contribution in [-0.4, -0.2) is 15.0 Å². The zero-order valence-corrected chi connectivity index (χ0v) is 33.6. The van der Waals surface area contributed by atoms with E-state index in [1.807, 2.05) is 17.4 Å². The maximum Gasteiger partial charge on any atom is 0.164 e. The Balaban J connectivity index is 1.06. The Labute approximate surface area is 355 Å². The highest BCUT2D eigenvalue weighted by atomic mass is 32.1. The van der Waals surface area contributed by atoms with Gasteiger partial charge < -0.3 is 0 Å². The minimum absolute atomic E-state index is 0.637. The predicted molar refractivity (Wildman–Crippen MR) is 259 cm³/mol. The minimum Gasteiger partial charge on any atom is -0.208 e. The second-order valence-corrected chi connectivity index (χ2v) is 17.0. The summed E-state index contributed by atoms with van der Waals surface area (Å²) in [4.78, 5) is 17.0. The highest BCUT2D eigenvalue weighted by Gasteiger charge is 2.19. The molecule has 0 unspecified atom stereocenters. The van der Waals surface area contributed by atoms with Crippen LogP contribution in [0.25, 0.3) is 130 Å². The molecule has 0 atom stereocenters. The van der Waals surface area contributed by atoms with Gasteiger partial charge in [0.1, 0.15) is 0 Å². The molecular formula is C57H33N3S. The van der Waals surface area contributed by atoms with Crippen molar-refractivity contribution in [3.63, 3.8) is 0 Å². The Morgan fingerprint density at radius 1 is 0.262 bits per heavy atom. The van der Waals surface area contributed by atoms with E-state index in [9.17, 15) is 0 Å². The average molecular weight is 792 g/mol. The van der Waals surface area contributed by atoms with Crippen LogP contribution in [0.5, 0.6) is 0 Å². The van der Waals surface area contributed by atoms with Crippen molar-refractivity contribution in [1.82, 2.24) is 15.0 Å². The van der Waals surface area contributed by atoms with Crippen molar-refractivity contribution in [1.29, 1.82) is 0 Å². The number of thiophene rings is 1. The van der Waals surface area contributed by atoms with E-state index < -0.39 is 0 Å². The largest absolute Gasteiger partial charge is 0.208 e. The fraction of sp³-hybridized carbons (Fsp3) is 0. The molecule has 13 aromatic rings. The van der Waals surface area contributed by atoms with Crippen LogP contribution in [0.15, 0.2) is 200 Å². The number of benzene rings is 10. The molecule has 4 heteroatoms. The van der Waals surface area contributed by atoms with Crippen LogP contribution in [0.4, 0.5) is 0 Å². The minimum atomic E-state index is 0.637. The molecule has 0 aliphatic heterocycles. The molecule has 0 amide bonds. The van der Waals surface area contributed by atoms with Crippen molar-refractivity contribution in [2.45, 2.75) is 0 Å². The van der Waals surface area contributed by atoms with Gasteiger partial charge in [0.25, 0.3) is 0 Å². The number of aromatic nitrogens is 3. The zero-order valence-electron chi connectivity index (χ0n) is 32.8. The lowest BCUT2D eigenvalue weighted by molar-refractivity contribution is 1.07. The second kappa shape index (κ2) is 13.4. The lowest BCUT2D eigenvalue weighted by Crippen LogP contribution is -2.00. The van der Waals surface area contributed by atoms with E-state index in [0.717, 1.165) is 27.6 Å². The first-order valence-electron chi connectivity index (χ1n) is 20.7. The Hall–Kier alpha value is -7.79. The van der Waals surface area contributed by atoms with E-state index in [0.29, 0.717) is 17.5 Å². The van der Waals surface area contributed by atoms with Crippen molar-refractivity contribution in [2.24, 2.45) is 0 Å². The van der Waals surface area contributed by atoms with Gasteiger partial charge in [-0.15, -0.1) is 11.3 Å². The fourth-order valence-corrected chi connectivity index (χ4v) is 10.6. The quantitative estimate of drug-likeness (QED) is 0.163. The highest BCUT2D eigenvalue weighted by Crippen LogP contribution is 2.44. The molecule has 0 fully saturated rings. The summed E-state index contributed by atoms with van der Waals surface area (Å²) in [7, 11) is 0. The van der Waals surface area contributed by atoms with Crippen molar-refractivity contribution >= 4 is 86.1 Å². The molecule has 0 saturated heterocycles. The van der Waals surface area contributed by atoms with Crippen LogP contribution < -0.4 is 0 Å². The first-order chi connectivity index (χ1) is 30.2. The van der Waals surface area contributed by atoms with Gasteiger partial charge in [-0.1, -0.05) is 176 Å². The molecule has 282 valence electrons. The molecule has 0 aliphatic carbocycles. The highest BCUT2D eigenvalue weighted by molar-refractivity contribution is 7.22. The summed E-state index contributed by atoms with van der Waals surface area (Å²) in [5.41, 5.74) is 6.32. The molecule has 2 heterocycles. The van der Waals surface area contributed by atoms with Crippen molar-refractivity contribution in [3.05, 3.63) is 200 Å². The van der Waals surface area contributed by atoms with E-state index in [2.05, 4.69) is 194 Å². The average Bonchev–Trinajstić information content (AvgIpc) is 3.77. The number of fused-ring (bicyclic) bond motifs is 3. The van der Waals surface area contributed by atoms with E-state index in [1.54, 1.807) is 0 Å². The normalized spacial score (nSPS) is 11.9. The van der Waals surface area contributed by atoms with Crippen LogP contribution in [0, 0.1) is 0 Å². The van der Waals surface area contributed by atoms with E-state index >= 15 is 0 Å². The van der Waals surface area contributed by atoms with Crippen LogP contribution in [0.1, 0.15) is 0 Å². The molecule has 61 heavy (non-hydrogen) atoms. The molecule has 0 radical (unpaired) electrons. The molecule has 3 nitrogen and oxygen atoms in total. The maximum absolute atomic E-state index is 5.31. The van der Waals surface area contributed by atoms with E-state index in [1.165, 1.54) is 85.3 Å². The van der Waals surface area contributed by atoms with Crippen LogP contribution in [-0.2, 0) is 0 Å². The summed E-state index contributed by atoms with van der Waals surface area (Å²) in [5.74, 6) is 1.91. The van der Waals surface area contributed by atoms with Gasteiger partial charge >= 0.3 is 0 Å². The summed E-state index contributed by atoms with van der Waals surface area (Å²) in [6, 6.07) is 72.4. The fourth-order valence-electron chi connectivity index (χ4n) is 9.53. The first kappa shape index (κ1) is 34.1. The van der Waals surface area contributed by atoms with Gasteiger partial charge in [-0.25, -0.2) is 15.0 Å². The predicted octanol–water partition coefficient (Wildman–Crippen LogP) is 15.8. The Kier molecular flexibility index (Phi) is 7.47. The Morgan fingerprint density at radius 2 is 0.705 bits per heavy atom. The number of hydrogen-bond acceptors (Lipinski definition) is 4. The van der Waals surface area contributed by atoms with Crippen molar-refractivity contribution in [3.8, 4) is 55.7 Å². The molecule has 11 aromatic carbocycles. The van der Waals surface area contributed by atoms with Crippen molar-refractivity contribution < 1.29 is 0 Å². The summed E-state index contributed by atoms with van der Waals surface area (Å²) in [6.07, 6.45) is 0. The summed E-state index contributed by atoms with van der Waals surface area (Å²) >= 11 is 1.81. The second-order valence-electron chi connectivity index (χ2n) is 15.9. The zero-order chi connectivity index (χ0) is 40.0. The van der Waals surface area contributed by atoms with E-state index in [4.69, 9.17) is 15.0 Å².